The summed E-state index contributed by atoms with van der Waals surface area (Å²) in [7, 11) is 0. The van der Waals surface area contributed by atoms with Crippen molar-refractivity contribution in [2.24, 2.45) is 11.8 Å². The van der Waals surface area contributed by atoms with Gasteiger partial charge in [-0.15, -0.1) is 0 Å². The Bertz CT molecular complexity index is 1300. The van der Waals surface area contributed by atoms with Crippen molar-refractivity contribution in [2.75, 3.05) is 31.5 Å². The Labute approximate surface area is 239 Å². The first-order valence-corrected chi connectivity index (χ1v) is 14.3. The maximum absolute atomic E-state index is 13.8. The van der Waals surface area contributed by atoms with Crippen LogP contribution in [0, 0.1) is 11.8 Å². The normalized spacial score (nSPS) is 19.8. The van der Waals surface area contributed by atoms with Gasteiger partial charge in [-0.05, 0) is 42.2 Å². The summed E-state index contributed by atoms with van der Waals surface area (Å²) in [4.78, 5) is 43.2. The molecular formula is C32H34ClN3O4. The molecule has 0 spiro atoms. The van der Waals surface area contributed by atoms with E-state index in [0.29, 0.717) is 25.9 Å². The topological polar surface area (TPSA) is 89.9 Å². The van der Waals surface area contributed by atoms with E-state index in [1.165, 1.54) is 23.3 Å². The Morgan fingerprint density at radius 3 is 1.95 bits per heavy atom. The predicted molar refractivity (Wildman–Crippen MR) is 155 cm³/mol. The van der Waals surface area contributed by atoms with E-state index in [1.54, 1.807) is 6.07 Å². The summed E-state index contributed by atoms with van der Waals surface area (Å²) in [6.07, 6.45) is 3.01. The molecule has 2 N–H and O–H groups in total. The van der Waals surface area contributed by atoms with Crippen molar-refractivity contribution >= 4 is 35.1 Å². The Kier molecular flexibility index (Phi) is 8.82. The number of hydrogen-bond acceptors (Lipinski definition) is 4. The zero-order chi connectivity index (χ0) is 28.1. The molecule has 208 valence electrons. The average Bonchev–Trinajstić information content (AvgIpc) is 2.99. The fourth-order valence-corrected chi connectivity index (χ4v) is 6.26. The molecule has 2 aliphatic rings. The van der Waals surface area contributed by atoms with Gasteiger partial charge < -0.3 is 15.3 Å². The highest BCUT2D eigenvalue weighted by Gasteiger charge is 2.39. The Balaban J connectivity index is 1.27. The van der Waals surface area contributed by atoms with Crippen LogP contribution in [0.25, 0.3) is 0 Å². The summed E-state index contributed by atoms with van der Waals surface area (Å²) < 4.78 is 0. The van der Waals surface area contributed by atoms with E-state index in [0.717, 1.165) is 25.9 Å². The molecule has 7 nitrogen and oxygen atoms in total. The Morgan fingerprint density at radius 1 is 0.800 bits per heavy atom. The standard InChI is InChI=1S/C32H34ClN3O4/c33-24-15-16-28(27(21-24)32(39)40)34-30(37)25-13-7-8-14-26(25)31(38)36-19-17-35(18-20-36)29(22-9-3-1-4-10-22)23-11-5-2-6-12-23/h1-6,9-12,15-16,21,25-26,29H,7-8,13-14,17-20H2,(H,34,37)(H,39,40). The molecule has 1 heterocycles. The lowest BCUT2D eigenvalue weighted by Gasteiger charge is -2.42. The van der Waals surface area contributed by atoms with E-state index in [2.05, 4.69) is 58.7 Å². The van der Waals surface area contributed by atoms with Gasteiger partial charge in [0.25, 0.3) is 0 Å². The van der Waals surface area contributed by atoms with Crippen molar-refractivity contribution in [2.45, 2.75) is 31.7 Å². The number of nitrogens with one attached hydrogen (secondary N) is 1. The number of aromatic carboxylic acids is 1. The molecule has 1 aliphatic heterocycles. The molecule has 3 aromatic rings. The first kappa shape index (κ1) is 27.9. The number of rotatable bonds is 7. The highest BCUT2D eigenvalue weighted by Crippen LogP contribution is 2.35. The van der Waals surface area contributed by atoms with Crippen LogP contribution in [0.15, 0.2) is 78.9 Å². The number of carboxylic acids is 1. The summed E-state index contributed by atoms with van der Waals surface area (Å²) in [5, 5.41) is 12.6. The number of piperazine rings is 1. The van der Waals surface area contributed by atoms with E-state index in [1.807, 2.05) is 17.0 Å². The fourth-order valence-electron chi connectivity index (χ4n) is 6.09. The van der Waals surface area contributed by atoms with Crippen molar-refractivity contribution < 1.29 is 19.5 Å². The second-order valence-corrected chi connectivity index (χ2v) is 11.0. The summed E-state index contributed by atoms with van der Waals surface area (Å²) >= 11 is 5.97. The maximum atomic E-state index is 13.8. The average molecular weight is 560 g/mol. The minimum Gasteiger partial charge on any atom is -0.478 e. The molecule has 5 rings (SSSR count). The van der Waals surface area contributed by atoms with Crippen LogP contribution in [0.5, 0.6) is 0 Å². The molecule has 1 saturated heterocycles. The Morgan fingerprint density at radius 2 is 1.38 bits per heavy atom. The van der Waals surface area contributed by atoms with Gasteiger partial charge in [0.05, 0.1) is 17.3 Å². The molecule has 2 amide bonds. The third kappa shape index (κ3) is 6.21. The second-order valence-electron chi connectivity index (χ2n) is 10.6. The summed E-state index contributed by atoms with van der Waals surface area (Å²) in [6.45, 7) is 2.66. The van der Waals surface area contributed by atoms with Crippen molar-refractivity contribution in [1.82, 2.24) is 9.80 Å². The molecule has 0 bridgehead atoms. The SMILES string of the molecule is O=C(O)c1cc(Cl)ccc1NC(=O)C1CCCCC1C(=O)N1CCN(C(c2ccccc2)c2ccccc2)CC1. The summed E-state index contributed by atoms with van der Waals surface area (Å²) in [5.74, 6) is -2.38. The van der Waals surface area contributed by atoms with E-state index < -0.39 is 17.8 Å². The van der Waals surface area contributed by atoms with E-state index in [-0.39, 0.29) is 34.1 Å². The smallest absolute Gasteiger partial charge is 0.337 e. The minimum atomic E-state index is -1.17. The molecule has 1 aliphatic carbocycles. The van der Waals surface area contributed by atoms with Crippen LogP contribution < -0.4 is 5.32 Å². The number of halogens is 1. The molecule has 1 saturated carbocycles. The molecule has 3 aromatic carbocycles. The van der Waals surface area contributed by atoms with Crippen molar-refractivity contribution in [3.05, 3.63) is 101 Å². The van der Waals surface area contributed by atoms with E-state index >= 15 is 0 Å². The van der Waals surface area contributed by atoms with Crippen LogP contribution in [0.4, 0.5) is 5.69 Å². The van der Waals surface area contributed by atoms with Crippen molar-refractivity contribution in [3.8, 4) is 0 Å². The summed E-state index contributed by atoms with van der Waals surface area (Å²) in [5.41, 5.74) is 2.57. The van der Waals surface area contributed by atoms with Gasteiger partial charge >= 0.3 is 5.97 Å². The van der Waals surface area contributed by atoms with Crippen molar-refractivity contribution in [3.63, 3.8) is 0 Å². The first-order valence-electron chi connectivity index (χ1n) is 13.9. The summed E-state index contributed by atoms with van der Waals surface area (Å²) in [6, 6.07) is 25.3. The molecule has 8 heteroatoms. The third-order valence-corrected chi connectivity index (χ3v) is 8.35. The number of carbonyl (C=O) groups excluding carboxylic acids is 2. The third-order valence-electron chi connectivity index (χ3n) is 8.11. The van der Waals surface area contributed by atoms with Crippen LogP contribution in [-0.2, 0) is 9.59 Å². The second kappa shape index (κ2) is 12.7. The van der Waals surface area contributed by atoms with E-state index in [4.69, 9.17) is 11.6 Å². The van der Waals surface area contributed by atoms with Gasteiger partial charge in [0.1, 0.15) is 0 Å². The zero-order valence-electron chi connectivity index (χ0n) is 22.3. The number of amides is 2. The molecule has 2 atom stereocenters. The van der Waals surface area contributed by atoms with Gasteiger partial charge in [-0.2, -0.15) is 0 Å². The molecule has 2 unspecified atom stereocenters. The Hall–Kier alpha value is -3.68. The quantitative estimate of drug-likeness (QED) is 0.386. The largest absolute Gasteiger partial charge is 0.478 e. The number of nitrogens with zero attached hydrogens (tertiary/aromatic N) is 2. The van der Waals surface area contributed by atoms with Gasteiger partial charge in [0.2, 0.25) is 11.8 Å². The lowest BCUT2D eigenvalue weighted by molar-refractivity contribution is -0.144. The van der Waals surface area contributed by atoms with Crippen LogP contribution in [0.2, 0.25) is 5.02 Å². The lowest BCUT2D eigenvalue weighted by Crippen LogP contribution is -2.53. The number of benzene rings is 3. The predicted octanol–water partition coefficient (Wildman–Crippen LogP) is 5.72. The van der Waals surface area contributed by atoms with Crippen molar-refractivity contribution in [1.29, 1.82) is 0 Å². The van der Waals surface area contributed by atoms with Crippen LogP contribution >= 0.6 is 11.6 Å². The number of carbonyl (C=O) groups is 3. The monoisotopic (exact) mass is 559 g/mol. The molecule has 0 aromatic heterocycles. The van der Waals surface area contributed by atoms with Crippen LogP contribution in [-0.4, -0.2) is 58.9 Å². The van der Waals surface area contributed by atoms with Gasteiger partial charge in [-0.25, -0.2) is 4.79 Å². The molecule has 0 radical (unpaired) electrons. The van der Waals surface area contributed by atoms with Crippen LogP contribution in [0.1, 0.15) is 53.2 Å². The highest BCUT2D eigenvalue weighted by atomic mass is 35.5. The number of anilines is 1. The minimum absolute atomic E-state index is 0.0186. The van der Waals surface area contributed by atoms with Crippen LogP contribution in [0.3, 0.4) is 0 Å². The number of carboxylic acid groups (broad SMARTS) is 1. The van der Waals surface area contributed by atoms with E-state index in [9.17, 15) is 19.5 Å². The molecular weight excluding hydrogens is 526 g/mol. The zero-order valence-corrected chi connectivity index (χ0v) is 23.1. The maximum Gasteiger partial charge on any atom is 0.337 e. The molecule has 2 fully saturated rings. The highest BCUT2D eigenvalue weighted by molar-refractivity contribution is 6.31. The van der Waals surface area contributed by atoms with Gasteiger partial charge in [0.15, 0.2) is 0 Å². The molecule has 40 heavy (non-hydrogen) atoms. The first-order chi connectivity index (χ1) is 19.4. The van der Waals surface area contributed by atoms with Gasteiger partial charge in [0, 0.05) is 43.0 Å². The van der Waals surface area contributed by atoms with Gasteiger partial charge in [-0.3, -0.25) is 14.5 Å². The van der Waals surface area contributed by atoms with Gasteiger partial charge in [-0.1, -0.05) is 85.1 Å². The number of hydrogen-bond donors (Lipinski definition) is 2. The fraction of sp³-hybridized carbons (Fsp3) is 0.344. The lowest BCUT2D eigenvalue weighted by atomic mass is 9.77.